The molecule has 1 amide bonds. The number of hydrogen-bond donors (Lipinski definition) is 0. The number of carbonyl (C=O) groups is 2. The minimum Gasteiger partial charge on any atom is -0.550 e. The summed E-state index contributed by atoms with van der Waals surface area (Å²) in [4.78, 5) is 24.4. The second kappa shape index (κ2) is 7.56. The van der Waals surface area contributed by atoms with Gasteiger partial charge in [0.25, 0.3) is 0 Å². The van der Waals surface area contributed by atoms with E-state index >= 15 is 0 Å². The van der Waals surface area contributed by atoms with Crippen LogP contribution >= 0.6 is 0 Å². The van der Waals surface area contributed by atoms with Crippen molar-refractivity contribution in [2.45, 2.75) is 44.2 Å². The molecule has 0 unspecified atom stereocenters. The largest absolute Gasteiger partial charge is 0.550 e. The highest BCUT2D eigenvalue weighted by Gasteiger charge is 2.29. The summed E-state index contributed by atoms with van der Waals surface area (Å²) in [7, 11) is 0. The van der Waals surface area contributed by atoms with E-state index < -0.39 is 5.97 Å². The van der Waals surface area contributed by atoms with Crippen LogP contribution in [0.4, 0.5) is 0 Å². The van der Waals surface area contributed by atoms with Crippen molar-refractivity contribution < 1.29 is 14.7 Å². The average Bonchev–Trinajstić information content (AvgIpc) is 2.37. The molecule has 0 aromatic rings. The fourth-order valence-corrected chi connectivity index (χ4v) is 2.36. The summed E-state index contributed by atoms with van der Waals surface area (Å²) < 4.78 is 0. The molecule has 0 saturated heterocycles. The van der Waals surface area contributed by atoms with Crippen LogP contribution in [-0.4, -0.2) is 28.9 Å². The number of carbonyl (C=O) groups excluding carboxylic acids is 2. The highest BCUT2D eigenvalue weighted by atomic mass is 16.4. The molecule has 0 radical (unpaired) electrons. The van der Waals surface area contributed by atoms with Crippen LogP contribution in [0.25, 0.3) is 0 Å². The van der Waals surface area contributed by atoms with Crippen molar-refractivity contribution in [2.75, 3.05) is 0 Å². The molecule has 0 spiro atoms. The highest BCUT2D eigenvalue weighted by Crippen LogP contribution is 2.23. The highest BCUT2D eigenvalue weighted by molar-refractivity contribution is 5.81. The van der Waals surface area contributed by atoms with E-state index in [0.29, 0.717) is 12.8 Å². The summed E-state index contributed by atoms with van der Waals surface area (Å²) in [6.07, 6.45) is 9.49. The fourth-order valence-electron chi connectivity index (χ4n) is 2.36. The van der Waals surface area contributed by atoms with Crippen LogP contribution in [0.2, 0.25) is 0 Å². The lowest BCUT2D eigenvalue weighted by Crippen LogP contribution is -2.48. The third kappa shape index (κ3) is 4.39. The van der Waals surface area contributed by atoms with Crippen LogP contribution in [-0.2, 0) is 9.59 Å². The lowest BCUT2D eigenvalue weighted by Gasteiger charge is -2.39. The molecular formula is C15H20NO3-. The molecule has 0 aromatic carbocycles. The van der Waals surface area contributed by atoms with Gasteiger partial charge in [-0.25, -0.2) is 0 Å². The third-order valence-corrected chi connectivity index (χ3v) is 3.19. The first-order valence-electron chi connectivity index (χ1n) is 6.49. The first-order chi connectivity index (χ1) is 9.10. The molecule has 0 aromatic heterocycles. The van der Waals surface area contributed by atoms with E-state index in [1.807, 2.05) is 6.08 Å². The Balaban J connectivity index is 2.81. The van der Waals surface area contributed by atoms with Crippen molar-refractivity contribution in [3.05, 3.63) is 37.5 Å². The number of carboxylic acids is 1. The summed E-state index contributed by atoms with van der Waals surface area (Å²) in [5.41, 5.74) is 0. The van der Waals surface area contributed by atoms with Gasteiger partial charge in [-0.15, -0.1) is 13.2 Å². The zero-order chi connectivity index (χ0) is 14.3. The molecule has 0 aliphatic carbocycles. The number of hydrogen-bond acceptors (Lipinski definition) is 3. The third-order valence-electron chi connectivity index (χ3n) is 3.19. The molecule has 1 aliphatic heterocycles. The van der Waals surface area contributed by atoms with Crippen LogP contribution in [0.3, 0.4) is 0 Å². The first-order valence-corrected chi connectivity index (χ1v) is 6.49. The van der Waals surface area contributed by atoms with E-state index in [9.17, 15) is 14.7 Å². The molecule has 4 nitrogen and oxygen atoms in total. The van der Waals surface area contributed by atoms with Gasteiger partial charge >= 0.3 is 0 Å². The zero-order valence-corrected chi connectivity index (χ0v) is 11.1. The Kier molecular flexibility index (Phi) is 6.06. The lowest BCUT2D eigenvalue weighted by molar-refractivity contribution is -0.305. The van der Waals surface area contributed by atoms with Gasteiger partial charge in [0, 0.05) is 18.4 Å². The predicted octanol–water partition coefficient (Wildman–Crippen LogP) is 1.19. The van der Waals surface area contributed by atoms with Crippen LogP contribution in [0.1, 0.15) is 32.1 Å². The molecule has 0 fully saturated rings. The molecule has 2 atom stereocenters. The fraction of sp³-hybridized carbons (Fsp3) is 0.467. The van der Waals surface area contributed by atoms with E-state index in [1.54, 1.807) is 17.1 Å². The zero-order valence-electron chi connectivity index (χ0n) is 11.1. The molecular weight excluding hydrogens is 242 g/mol. The molecule has 4 heteroatoms. The summed E-state index contributed by atoms with van der Waals surface area (Å²) in [5, 5.41) is 10.5. The van der Waals surface area contributed by atoms with Crippen molar-refractivity contribution in [3.63, 3.8) is 0 Å². The van der Waals surface area contributed by atoms with Gasteiger partial charge in [-0.2, -0.15) is 0 Å². The maximum Gasteiger partial charge on any atom is 0.223 e. The Bertz CT molecular complexity index is 387. The quantitative estimate of drug-likeness (QED) is 0.648. The monoisotopic (exact) mass is 262 g/mol. The Hall–Kier alpha value is -1.84. The van der Waals surface area contributed by atoms with Crippen molar-refractivity contribution >= 4 is 11.9 Å². The maximum atomic E-state index is 12.2. The van der Waals surface area contributed by atoms with E-state index in [0.717, 1.165) is 6.42 Å². The van der Waals surface area contributed by atoms with Crippen molar-refractivity contribution in [1.82, 2.24) is 4.90 Å². The number of nitrogens with zero attached hydrogens (tertiary/aromatic N) is 1. The lowest BCUT2D eigenvalue weighted by atomic mass is 9.97. The second-order valence-electron chi connectivity index (χ2n) is 4.61. The number of rotatable bonds is 7. The summed E-state index contributed by atoms with van der Waals surface area (Å²) in [6, 6.07) is 0.0205. The van der Waals surface area contributed by atoms with Gasteiger partial charge in [0.05, 0.1) is 6.04 Å². The number of carboxylic acid groups (broad SMARTS) is 1. The van der Waals surface area contributed by atoms with Crippen molar-refractivity contribution in [1.29, 1.82) is 0 Å². The summed E-state index contributed by atoms with van der Waals surface area (Å²) >= 11 is 0. The van der Waals surface area contributed by atoms with Crippen LogP contribution in [0.5, 0.6) is 0 Å². The molecule has 19 heavy (non-hydrogen) atoms. The summed E-state index contributed by atoms with van der Waals surface area (Å²) in [6.45, 7) is 7.41. The van der Waals surface area contributed by atoms with Gasteiger partial charge < -0.3 is 14.8 Å². The van der Waals surface area contributed by atoms with E-state index in [4.69, 9.17) is 0 Å². The van der Waals surface area contributed by atoms with Gasteiger partial charge in [-0.3, -0.25) is 4.79 Å². The van der Waals surface area contributed by atoms with Crippen molar-refractivity contribution in [3.8, 4) is 0 Å². The average molecular weight is 262 g/mol. The second-order valence-corrected chi connectivity index (χ2v) is 4.61. The smallest absolute Gasteiger partial charge is 0.223 e. The number of aliphatic carboxylic acids is 1. The first kappa shape index (κ1) is 15.2. The van der Waals surface area contributed by atoms with Crippen LogP contribution in [0, 0.1) is 0 Å². The van der Waals surface area contributed by atoms with Crippen molar-refractivity contribution in [2.24, 2.45) is 0 Å². The molecule has 0 bridgehead atoms. The number of amides is 1. The molecule has 1 rings (SSSR count). The molecule has 104 valence electrons. The minimum atomic E-state index is -1.19. The van der Waals surface area contributed by atoms with Gasteiger partial charge in [0.15, 0.2) is 0 Å². The van der Waals surface area contributed by atoms with Gasteiger partial charge in [-0.1, -0.05) is 24.3 Å². The van der Waals surface area contributed by atoms with Crippen LogP contribution in [0.15, 0.2) is 37.5 Å². The van der Waals surface area contributed by atoms with E-state index in [1.165, 1.54) is 0 Å². The van der Waals surface area contributed by atoms with Crippen LogP contribution < -0.4 is 5.11 Å². The SMILES string of the molecule is C=CC[C@H]1CC=C[C@H](CC=C)N1C(=O)CCC(=O)[O-]. The predicted molar refractivity (Wildman–Crippen MR) is 72.0 cm³/mol. The van der Waals surface area contributed by atoms with Gasteiger partial charge in [0.2, 0.25) is 5.91 Å². The molecule has 0 saturated carbocycles. The molecule has 1 aliphatic rings. The Morgan fingerprint density at radius 2 is 1.95 bits per heavy atom. The topological polar surface area (TPSA) is 60.4 Å². The van der Waals surface area contributed by atoms with E-state index in [-0.39, 0.29) is 30.8 Å². The maximum absolute atomic E-state index is 12.2. The summed E-state index contributed by atoms with van der Waals surface area (Å²) in [5.74, 6) is -1.34. The van der Waals surface area contributed by atoms with E-state index in [2.05, 4.69) is 19.2 Å². The normalized spacial score (nSPS) is 22.0. The molecule has 1 heterocycles. The molecule has 0 N–H and O–H groups in total. The van der Waals surface area contributed by atoms with Gasteiger partial charge in [-0.05, 0) is 25.7 Å². The Morgan fingerprint density at radius 3 is 2.53 bits per heavy atom. The Morgan fingerprint density at radius 1 is 1.26 bits per heavy atom. The standard InChI is InChI=1S/C15H21NO3/c1-3-6-12-8-5-9-13(7-4-2)16(12)14(17)10-11-15(18)19/h3-5,8,12-13H,1-2,6-7,9-11H2,(H,18,19)/p-1/t12-,13-/m0/s1. The Labute approximate surface area is 114 Å². The minimum absolute atomic E-state index is 0.0164. The van der Waals surface area contributed by atoms with Gasteiger partial charge in [0.1, 0.15) is 0 Å².